The van der Waals surface area contributed by atoms with Gasteiger partial charge in [-0.1, -0.05) is 35.3 Å². The summed E-state index contributed by atoms with van der Waals surface area (Å²) in [5.41, 5.74) is 3.01. The van der Waals surface area contributed by atoms with Gasteiger partial charge in [-0.05, 0) is 42.0 Å². The van der Waals surface area contributed by atoms with Crippen LogP contribution in [0.25, 0.3) is 5.69 Å². The molecule has 0 radical (unpaired) electrons. The Hall–Kier alpha value is -1.97. The third kappa shape index (κ3) is 3.20. The average Bonchev–Trinajstić information content (AvgIpc) is 3.04. The molecule has 0 unspecified atom stereocenters. The van der Waals surface area contributed by atoms with Gasteiger partial charge in [0.2, 0.25) is 0 Å². The zero-order chi connectivity index (χ0) is 14.7. The third-order valence-electron chi connectivity index (χ3n) is 3.15. The summed E-state index contributed by atoms with van der Waals surface area (Å²) in [6, 6.07) is 15.6. The first-order chi connectivity index (χ1) is 10.2. The number of anilines is 1. The largest absolute Gasteiger partial charge is 0.381 e. The number of nitrogens with one attached hydrogen (secondary N) is 1. The maximum Gasteiger partial charge on any atom is 0.0647 e. The van der Waals surface area contributed by atoms with Crippen LogP contribution >= 0.6 is 23.2 Å². The van der Waals surface area contributed by atoms with Gasteiger partial charge < -0.3 is 5.32 Å². The maximum atomic E-state index is 6.17. The highest BCUT2D eigenvalue weighted by Gasteiger charge is 2.04. The second-order valence-corrected chi connectivity index (χ2v) is 5.35. The molecule has 5 heteroatoms. The maximum absolute atomic E-state index is 6.17. The Bertz CT molecular complexity index is 722. The molecule has 3 nitrogen and oxygen atoms in total. The van der Waals surface area contributed by atoms with E-state index in [9.17, 15) is 0 Å². The third-order valence-corrected chi connectivity index (χ3v) is 4.01. The van der Waals surface area contributed by atoms with Gasteiger partial charge in [-0.2, -0.15) is 5.10 Å². The predicted octanol–water partition coefficient (Wildman–Crippen LogP) is 4.79. The van der Waals surface area contributed by atoms with Crippen molar-refractivity contribution in [2.24, 2.45) is 0 Å². The second-order valence-electron chi connectivity index (χ2n) is 4.56. The van der Waals surface area contributed by atoms with Gasteiger partial charge in [0.25, 0.3) is 0 Å². The fourth-order valence-electron chi connectivity index (χ4n) is 2.04. The fourth-order valence-corrected chi connectivity index (χ4v) is 2.42. The molecule has 0 saturated carbocycles. The van der Waals surface area contributed by atoms with Crippen LogP contribution in [0.5, 0.6) is 0 Å². The van der Waals surface area contributed by atoms with Crippen molar-refractivity contribution in [3.63, 3.8) is 0 Å². The first-order valence-electron chi connectivity index (χ1n) is 6.51. The molecule has 0 fully saturated rings. The van der Waals surface area contributed by atoms with Gasteiger partial charge in [-0.3, -0.25) is 0 Å². The average molecular weight is 318 g/mol. The van der Waals surface area contributed by atoms with Crippen LogP contribution in [0.2, 0.25) is 10.0 Å². The van der Waals surface area contributed by atoms with Gasteiger partial charge in [-0.15, -0.1) is 0 Å². The highest BCUT2D eigenvalue weighted by atomic mass is 35.5. The molecular formula is C16H13Cl2N3. The lowest BCUT2D eigenvalue weighted by Gasteiger charge is -2.10. The quantitative estimate of drug-likeness (QED) is 0.749. The molecule has 0 spiro atoms. The van der Waals surface area contributed by atoms with Crippen LogP contribution in [0.1, 0.15) is 5.56 Å². The molecule has 21 heavy (non-hydrogen) atoms. The van der Waals surface area contributed by atoms with Crippen molar-refractivity contribution in [1.29, 1.82) is 0 Å². The normalized spacial score (nSPS) is 10.6. The van der Waals surface area contributed by atoms with Gasteiger partial charge in [0.1, 0.15) is 0 Å². The SMILES string of the molecule is Clc1cccc(CNc2ccc(-n3cccn3)cc2)c1Cl. The molecule has 0 aliphatic rings. The van der Waals surface area contributed by atoms with Gasteiger partial charge >= 0.3 is 0 Å². The summed E-state index contributed by atoms with van der Waals surface area (Å²) < 4.78 is 1.82. The molecule has 1 heterocycles. The van der Waals surface area contributed by atoms with E-state index in [1.807, 2.05) is 53.3 Å². The van der Waals surface area contributed by atoms with Gasteiger partial charge in [0.05, 0.1) is 15.7 Å². The molecule has 106 valence electrons. The zero-order valence-electron chi connectivity index (χ0n) is 11.1. The molecule has 3 aromatic rings. The predicted molar refractivity (Wildman–Crippen MR) is 87.4 cm³/mol. The van der Waals surface area contributed by atoms with Crippen LogP contribution in [-0.4, -0.2) is 9.78 Å². The standard InChI is InChI=1S/C16H13Cl2N3/c17-15-4-1-3-12(16(15)18)11-19-13-5-7-14(8-6-13)21-10-2-9-20-21/h1-10,19H,11H2. The first-order valence-corrected chi connectivity index (χ1v) is 7.26. The Kier molecular flexibility index (Phi) is 4.13. The lowest BCUT2D eigenvalue weighted by Crippen LogP contribution is -2.01. The van der Waals surface area contributed by atoms with Crippen molar-refractivity contribution in [3.8, 4) is 5.69 Å². The number of halogens is 2. The van der Waals surface area contributed by atoms with E-state index >= 15 is 0 Å². The summed E-state index contributed by atoms with van der Waals surface area (Å²) in [6.07, 6.45) is 3.67. The molecule has 0 bridgehead atoms. The van der Waals surface area contributed by atoms with Crippen LogP contribution in [-0.2, 0) is 6.54 Å². The van der Waals surface area contributed by atoms with Crippen molar-refractivity contribution >= 4 is 28.9 Å². The van der Waals surface area contributed by atoms with Crippen LogP contribution in [0.4, 0.5) is 5.69 Å². The zero-order valence-corrected chi connectivity index (χ0v) is 12.6. The van der Waals surface area contributed by atoms with Crippen LogP contribution in [0.15, 0.2) is 60.9 Å². The van der Waals surface area contributed by atoms with Gasteiger partial charge in [-0.25, -0.2) is 4.68 Å². The lowest BCUT2D eigenvalue weighted by atomic mass is 10.2. The van der Waals surface area contributed by atoms with E-state index < -0.39 is 0 Å². The number of hydrogen-bond acceptors (Lipinski definition) is 2. The van der Waals surface area contributed by atoms with E-state index in [0.717, 1.165) is 16.9 Å². The Morgan fingerprint density at radius 3 is 2.52 bits per heavy atom. The Labute approximate surface area is 133 Å². The van der Waals surface area contributed by atoms with Crippen LogP contribution in [0, 0.1) is 0 Å². The molecule has 0 aliphatic heterocycles. The monoisotopic (exact) mass is 317 g/mol. The Balaban J connectivity index is 1.70. The topological polar surface area (TPSA) is 29.9 Å². The summed E-state index contributed by atoms with van der Waals surface area (Å²) >= 11 is 12.2. The van der Waals surface area contributed by atoms with Crippen molar-refractivity contribution < 1.29 is 0 Å². The van der Waals surface area contributed by atoms with E-state index in [1.54, 1.807) is 12.3 Å². The summed E-state index contributed by atoms with van der Waals surface area (Å²) in [6.45, 7) is 0.626. The van der Waals surface area contributed by atoms with Crippen LogP contribution < -0.4 is 5.32 Å². The van der Waals surface area contributed by atoms with E-state index in [4.69, 9.17) is 23.2 Å². The molecule has 0 amide bonds. The van der Waals surface area contributed by atoms with E-state index in [1.165, 1.54) is 0 Å². The summed E-state index contributed by atoms with van der Waals surface area (Å²) in [7, 11) is 0. The molecule has 0 saturated heterocycles. The number of aromatic nitrogens is 2. The summed E-state index contributed by atoms with van der Waals surface area (Å²) in [5, 5.41) is 8.70. The number of hydrogen-bond donors (Lipinski definition) is 1. The summed E-state index contributed by atoms with van der Waals surface area (Å²) in [4.78, 5) is 0. The second kappa shape index (κ2) is 6.20. The number of benzene rings is 2. The highest BCUT2D eigenvalue weighted by Crippen LogP contribution is 2.26. The molecule has 1 aromatic heterocycles. The highest BCUT2D eigenvalue weighted by molar-refractivity contribution is 6.42. The van der Waals surface area contributed by atoms with Gasteiger partial charge in [0, 0.05) is 24.6 Å². The fraction of sp³-hybridized carbons (Fsp3) is 0.0625. The molecule has 2 aromatic carbocycles. The van der Waals surface area contributed by atoms with Crippen LogP contribution in [0.3, 0.4) is 0 Å². The van der Waals surface area contributed by atoms with Crippen molar-refractivity contribution in [3.05, 3.63) is 76.5 Å². The number of nitrogens with zero attached hydrogens (tertiary/aromatic N) is 2. The summed E-state index contributed by atoms with van der Waals surface area (Å²) in [5.74, 6) is 0. The smallest absolute Gasteiger partial charge is 0.0647 e. The number of rotatable bonds is 4. The Morgan fingerprint density at radius 2 is 1.81 bits per heavy atom. The van der Waals surface area contributed by atoms with Crippen molar-refractivity contribution in [2.45, 2.75) is 6.54 Å². The van der Waals surface area contributed by atoms with Crippen molar-refractivity contribution in [2.75, 3.05) is 5.32 Å². The Morgan fingerprint density at radius 1 is 1.00 bits per heavy atom. The molecule has 0 aliphatic carbocycles. The molecule has 1 N–H and O–H groups in total. The van der Waals surface area contributed by atoms with Crippen molar-refractivity contribution in [1.82, 2.24) is 9.78 Å². The minimum absolute atomic E-state index is 0.574. The molecule has 3 rings (SSSR count). The minimum atomic E-state index is 0.574. The molecular weight excluding hydrogens is 305 g/mol. The van der Waals surface area contributed by atoms with E-state index in [-0.39, 0.29) is 0 Å². The van der Waals surface area contributed by atoms with E-state index in [2.05, 4.69) is 10.4 Å². The molecule has 0 atom stereocenters. The minimum Gasteiger partial charge on any atom is -0.381 e. The van der Waals surface area contributed by atoms with E-state index in [0.29, 0.717) is 16.6 Å². The van der Waals surface area contributed by atoms with Gasteiger partial charge in [0.15, 0.2) is 0 Å². The lowest BCUT2D eigenvalue weighted by molar-refractivity contribution is 0.880. The first kappa shape index (κ1) is 14.0.